The molecule has 4 nitrogen and oxygen atoms in total. The molecule has 0 bridgehead atoms. The summed E-state index contributed by atoms with van der Waals surface area (Å²) in [4.78, 5) is 2.19. The van der Waals surface area contributed by atoms with Crippen molar-refractivity contribution in [2.75, 3.05) is 20.1 Å². The topological polar surface area (TPSA) is 67.3 Å². The minimum atomic E-state index is 0.511. The van der Waals surface area contributed by atoms with E-state index in [0.717, 1.165) is 31.8 Å². The van der Waals surface area contributed by atoms with Gasteiger partial charge in [-0.1, -0.05) is 6.92 Å². The Kier molecular flexibility index (Phi) is 8.43. The molecule has 0 saturated carbocycles. The standard InChI is InChI=1S/C12H26N4/c1-4-9-16(10-7-11(2)15-3)12(14)6-5-8-13/h5-6,8,11,15H,4,7,9-10,13-14H2,1-3H3/b8-5-,12-6+. The molecule has 4 heteroatoms. The fraction of sp³-hybridized carbons (Fsp3) is 0.667. The van der Waals surface area contributed by atoms with E-state index in [2.05, 4.69) is 24.1 Å². The summed E-state index contributed by atoms with van der Waals surface area (Å²) in [6.45, 7) is 6.28. The van der Waals surface area contributed by atoms with E-state index in [1.807, 2.05) is 13.1 Å². The lowest BCUT2D eigenvalue weighted by molar-refractivity contribution is 0.319. The minimum Gasteiger partial charge on any atom is -0.405 e. The van der Waals surface area contributed by atoms with Crippen molar-refractivity contribution < 1.29 is 0 Å². The van der Waals surface area contributed by atoms with Crippen molar-refractivity contribution in [3.63, 3.8) is 0 Å². The van der Waals surface area contributed by atoms with Crippen molar-refractivity contribution in [1.82, 2.24) is 10.2 Å². The molecule has 0 aromatic heterocycles. The lowest BCUT2D eigenvalue weighted by atomic mass is 10.2. The molecule has 0 fully saturated rings. The molecule has 16 heavy (non-hydrogen) atoms. The van der Waals surface area contributed by atoms with Gasteiger partial charge in [-0.3, -0.25) is 0 Å². The van der Waals surface area contributed by atoms with Gasteiger partial charge in [0.1, 0.15) is 0 Å². The summed E-state index contributed by atoms with van der Waals surface area (Å²) in [7, 11) is 1.98. The average molecular weight is 226 g/mol. The highest BCUT2D eigenvalue weighted by atomic mass is 15.2. The zero-order valence-corrected chi connectivity index (χ0v) is 10.7. The molecular weight excluding hydrogens is 200 g/mol. The molecule has 0 heterocycles. The predicted octanol–water partition coefficient (Wildman–Crippen LogP) is 0.969. The van der Waals surface area contributed by atoms with E-state index in [-0.39, 0.29) is 0 Å². The maximum Gasteiger partial charge on any atom is 0.0986 e. The van der Waals surface area contributed by atoms with E-state index in [4.69, 9.17) is 11.5 Å². The van der Waals surface area contributed by atoms with Gasteiger partial charge in [-0.25, -0.2) is 0 Å². The average Bonchev–Trinajstić information content (AvgIpc) is 2.30. The normalized spacial score (nSPS) is 14.3. The first kappa shape index (κ1) is 14.8. The van der Waals surface area contributed by atoms with Crippen molar-refractivity contribution in [2.24, 2.45) is 11.5 Å². The molecule has 94 valence electrons. The Hall–Kier alpha value is -1.16. The Morgan fingerprint density at radius 3 is 2.62 bits per heavy atom. The van der Waals surface area contributed by atoms with Crippen LogP contribution in [0.25, 0.3) is 0 Å². The number of allylic oxidation sites excluding steroid dienone is 2. The fourth-order valence-electron chi connectivity index (χ4n) is 1.39. The fourth-order valence-corrected chi connectivity index (χ4v) is 1.39. The predicted molar refractivity (Wildman–Crippen MR) is 70.6 cm³/mol. The maximum absolute atomic E-state index is 5.98. The van der Waals surface area contributed by atoms with Gasteiger partial charge in [0.2, 0.25) is 0 Å². The van der Waals surface area contributed by atoms with Gasteiger partial charge in [-0.2, -0.15) is 0 Å². The van der Waals surface area contributed by atoms with Crippen LogP contribution in [0.1, 0.15) is 26.7 Å². The number of nitrogens with zero attached hydrogens (tertiary/aromatic N) is 1. The summed E-state index contributed by atoms with van der Waals surface area (Å²) in [5.74, 6) is 0.784. The summed E-state index contributed by atoms with van der Waals surface area (Å²) in [5, 5.41) is 3.22. The highest BCUT2D eigenvalue weighted by Gasteiger charge is 2.06. The van der Waals surface area contributed by atoms with Gasteiger partial charge in [-0.05, 0) is 45.2 Å². The van der Waals surface area contributed by atoms with E-state index in [1.54, 1.807) is 6.08 Å². The zero-order chi connectivity index (χ0) is 12.4. The van der Waals surface area contributed by atoms with Crippen molar-refractivity contribution in [2.45, 2.75) is 32.7 Å². The van der Waals surface area contributed by atoms with Crippen LogP contribution < -0.4 is 16.8 Å². The minimum absolute atomic E-state index is 0.511. The van der Waals surface area contributed by atoms with Crippen LogP contribution in [0.2, 0.25) is 0 Å². The Labute approximate surface area is 99.4 Å². The molecule has 0 spiro atoms. The molecule has 0 radical (unpaired) electrons. The maximum atomic E-state index is 5.98. The van der Waals surface area contributed by atoms with Crippen LogP contribution in [0.5, 0.6) is 0 Å². The number of rotatable bonds is 8. The second-order valence-corrected chi connectivity index (χ2v) is 3.94. The van der Waals surface area contributed by atoms with E-state index in [9.17, 15) is 0 Å². The third-order valence-electron chi connectivity index (χ3n) is 2.56. The number of hydrogen-bond donors (Lipinski definition) is 3. The SMILES string of the molecule is CCCN(CCC(C)NC)/C(N)=C/C=C\N. The van der Waals surface area contributed by atoms with E-state index >= 15 is 0 Å². The monoisotopic (exact) mass is 226 g/mol. The van der Waals surface area contributed by atoms with Crippen molar-refractivity contribution in [1.29, 1.82) is 0 Å². The molecular formula is C12H26N4. The molecule has 0 aliphatic heterocycles. The van der Waals surface area contributed by atoms with Crippen LogP contribution in [-0.4, -0.2) is 31.1 Å². The first-order valence-electron chi connectivity index (χ1n) is 5.91. The molecule has 0 rings (SSSR count). The van der Waals surface area contributed by atoms with Crippen molar-refractivity contribution in [3.05, 3.63) is 24.2 Å². The van der Waals surface area contributed by atoms with Crippen molar-refractivity contribution in [3.8, 4) is 0 Å². The second kappa shape index (κ2) is 9.09. The van der Waals surface area contributed by atoms with E-state index in [0.29, 0.717) is 6.04 Å². The third-order valence-corrected chi connectivity index (χ3v) is 2.56. The highest BCUT2D eigenvalue weighted by Crippen LogP contribution is 2.03. The quantitative estimate of drug-likeness (QED) is 0.540. The highest BCUT2D eigenvalue weighted by molar-refractivity contribution is 5.08. The van der Waals surface area contributed by atoms with E-state index < -0.39 is 0 Å². The van der Waals surface area contributed by atoms with E-state index in [1.165, 1.54) is 6.20 Å². The van der Waals surface area contributed by atoms with Gasteiger partial charge in [0.05, 0.1) is 5.82 Å². The summed E-state index contributed by atoms with van der Waals surface area (Å²) >= 11 is 0. The van der Waals surface area contributed by atoms with Crippen LogP contribution in [0, 0.1) is 0 Å². The van der Waals surface area contributed by atoms with Crippen LogP contribution >= 0.6 is 0 Å². The molecule has 0 amide bonds. The Morgan fingerprint density at radius 2 is 2.12 bits per heavy atom. The third kappa shape index (κ3) is 6.35. The number of hydrogen-bond acceptors (Lipinski definition) is 4. The Balaban J connectivity index is 4.25. The van der Waals surface area contributed by atoms with Gasteiger partial charge in [0.25, 0.3) is 0 Å². The molecule has 1 atom stereocenters. The molecule has 5 N–H and O–H groups in total. The van der Waals surface area contributed by atoms with Crippen molar-refractivity contribution >= 4 is 0 Å². The van der Waals surface area contributed by atoms with Crippen LogP contribution in [-0.2, 0) is 0 Å². The molecule has 0 saturated heterocycles. The summed E-state index contributed by atoms with van der Waals surface area (Å²) in [6, 6.07) is 0.511. The van der Waals surface area contributed by atoms with Crippen LogP contribution in [0.4, 0.5) is 0 Å². The van der Waals surface area contributed by atoms with Gasteiger partial charge in [0, 0.05) is 19.1 Å². The van der Waals surface area contributed by atoms with Crippen LogP contribution in [0.3, 0.4) is 0 Å². The van der Waals surface area contributed by atoms with Gasteiger partial charge in [-0.15, -0.1) is 0 Å². The number of nitrogens with one attached hydrogen (secondary N) is 1. The summed E-state index contributed by atoms with van der Waals surface area (Å²) in [5.41, 5.74) is 11.3. The Morgan fingerprint density at radius 1 is 1.44 bits per heavy atom. The Bertz CT molecular complexity index is 223. The molecule has 0 aliphatic carbocycles. The molecule has 0 aliphatic rings. The molecule has 0 aromatic rings. The summed E-state index contributed by atoms with van der Waals surface area (Å²) in [6.07, 6.45) is 7.28. The lowest BCUT2D eigenvalue weighted by Crippen LogP contribution is -2.33. The number of nitrogens with two attached hydrogens (primary N) is 2. The lowest BCUT2D eigenvalue weighted by Gasteiger charge is -2.25. The van der Waals surface area contributed by atoms with Gasteiger partial charge < -0.3 is 21.7 Å². The van der Waals surface area contributed by atoms with Gasteiger partial charge in [0.15, 0.2) is 0 Å². The summed E-state index contributed by atoms with van der Waals surface area (Å²) < 4.78 is 0. The molecule has 0 aromatic carbocycles. The molecule has 1 unspecified atom stereocenters. The first-order valence-corrected chi connectivity index (χ1v) is 5.91. The largest absolute Gasteiger partial charge is 0.405 e. The zero-order valence-electron chi connectivity index (χ0n) is 10.7. The second-order valence-electron chi connectivity index (χ2n) is 3.94. The van der Waals surface area contributed by atoms with Crippen LogP contribution in [0.15, 0.2) is 24.2 Å². The smallest absolute Gasteiger partial charge is 0.0986 e. The van der Waals surface area contributed by atoms with Gasteiger partial charge >= 0.3 is 0 Å². The first-order chi connectivity index (χ1) is 7.65.